The molecular weight excluding hydrogens is 240 g/mol. The van der Waals surface area contributed by atoms with Gasteiger partial charge in [0.2, 0.25) is 0 Å². The molecule has 0 bridgehead atoms. The zero-order valence-electron chi connectivity index (χ0n) is 11.7. The van der Waals surface area contributed by atoms with E-state index in [0.717, 1.165) is 25.1 Å². The van der Waals surface area contributed by atoms with E-state index < -0.39 is 0 Å². The molecule has 104 valence electrons. The largest absolute Gasteiger partial charge is 0.398 e. The lowest BCUT2D eigenvalue weighted by Crippen LogP contribution is -2.31. The minimum atomic E-state index is -0.0338. The van der Waals surface area contributed by atoms with Crippen molar-refractivity contribution in [3.63, 3.8) is 0 Å². The molecule has 3 N–H and O–H groups in total. The van der Waals surface area contributed by atoms with Crippen molar-refractivity contribution in [3.8, 4) is 0 Å². The van der Waals surface area contributed by atoms with E-state index in [9.17, 15) is 4.79 Å². The first kappa shape index (κ1) is 13.9. The van der Waals surface area contributed by atoms with Crippen LogP contribution in [0.3, 0.4) is 0 Å². The van der Waals surface area contributed by atoms with Crippen LogP contribution in [-0.2, 0) is 4.74 Å². The summed E-state index contributed by atoms with van der Waals surface area (Å²) >= 11 is 0. The Bertz CT molecular complexity index is 467. The summed E-state index contributed by atoms with van der Waals surface area (Å²) < 4.78 is 5.11. The Hall–Kier alpha value is -1.55. The normalized spacial score (nSPS) is 16.1. The molecule has 0 spiro atoms. The number of ether oxygens (including phenoxy) is 1. The predicted octanol–water partition coefficient (Wildman–Crippen LogP) is 2.12. The average molecular weight is 262 g/mol. The minimum absolute atomic E-state index is 0.0338. The van der Waals surface area contributed by atoms with Gasteiger partial charge in [-0.25, -0.2) is 0 Å². The van der Waals surface area contributed by atoms with Gasteiger partial charge < -0.3 is 15.8 Å². The highest BCUT2D eigenvalue weighted by Crippen LogP contribution is 2.48. The number of methoxy groups -OCH3 is 1. The first-order valence-electron chi connectivity index (χ1n) is 6.70. The van der Waals surface area contributed by atoms with Gasteiger partial charge in [0.05, 0.1) is 0 Å². The monoisotopic (exact) mass is 262 g/mol. The van der Waals surface area contributed by atoms with Gasteiger partial charge in [-0.1, -0.05) is 6.07 Å². The average Bonchev–Trinajstić information content (AvgIpc) is 3.17. The molecule has 0 unspecified atom stereocenters. The summed E-state index contributed by atoms with van der Waals surface area (Å²) in [6, 6.07) is 5.44. The summed E-state index contributed by atoms with van der Waals surface area (Å²) in [7, 11) is 1.71. The molecule has 4 nitrogen and oxygen atoms in total. The van der Waals surface area contributed by atoms with Crippen molar-refractivity contribution in [1.29, 1.82) is 0 Å². The molecule has 0 saturated heterocycles. The Labute approximate surface area is 114 Å². The molecular formula is C15H22N2O2. The first-order valence-corrected chi connectivity index (χ1v) is 6.70. The van der Waals surface area contributed by atoms with Crippen LogP contribution in [0.2, 0.25) is 0 Å². The van der Waals surface area contributed by atoms with E-state index in [1.54, 1.807) is 7.11 Å². The second-order valence-electron chi connectivity index (χ2n) is 5.45. The van der Waals surface area contributed by atoms with Gasteiger partial charge in [-0.15, -0.1) is 0 Å². The molecule has 0 heterocycles. The summed E-state index contributed by atoms with van der Waals surface area (Å²) in [4.78, 5) is 12.2. The zero-order chi connectivity index (χ0) is 13.9. The van der Waals surface area contributed by atoms with Crippen LogP contribution in [0.5, 0.6) is 0 Å². The second-order valence-corrected chi connectivity index (χ2v) is 5.45. The highest BCUT2D eigenvalue weighted by Gasteiger charge is 2.42. The first-order chi connectivity index (χ1) is 9.08. The molecule has 19 heavy (non-hydrogen) atoms. The lowest BCUT2D eigenvalue weighted by Gasteiger charge is -2.16. The Morgan fingerprint density at radius 3 is 2.84 bits per heavy atom. The van der Waals surface area contributed by atoms with Crippen LogP contribution in [0.1, 0.15) is 35.2 Å². The van der Waals surface area contributed by atoms with E-state index in [1.807, 2.05) is 25.1 Å². The Morgan fingerprint density at radius 2 is 2.21 bits per heavy atom. The number of hydrogen-bond acceptors (Lipinski definition) is 3. The maximum absolute atomic E-state index is 12.2. The fourth-order valence-electron chi connectivity index (χ4n) is 2.27. The van der Waals surface area contributed by atoms with E-state index in [0.29, 0.717) is 11.3 Å². The molecule has 0 aliphatic heterocycles. The Kier molecular flexibility index (Phi) is 4.10. The standard InChI is InChI=1S/C15H22N2O2/c1-11-12(4-3-5-13(11)16)14(18)17-10-15(6-7-15)8-9-19-2/h3-5H,6-10,16H2,1-2H3,(H,17,18). The van der Waals surface area contributed by atoms with Gasteiger partial charge in [-0.05, 0) is 49.3 Å². The van der Waals surface area contributed by atoms with Gasteiger partial charge in [0.25, 0.3) is 5.91 Å². The van der Waals surface area contributed by atoms with E-state index in [-0.39, 0.29) is 11.3 Å². The maximum Gasteiger partial charge on any atom is 0.251 e. The van der Waals surface area contributed by atoms with Crippen LogP contribution in [0.15, 0.2) is 18.2 Å². The second kappa shape index (κ2) is 5.61. The quantitative estimate of drug-likeness (QED) is 0.772. The third-order valence-electron chi connectivity index (χ3n) is 4.04. The van der Waals surface area contributed by atoms with Crippen molar-refractivity contribution in [2.24, 2.45) is 5.41 Å². The molecule has 1 aromatic carbocycles. The molecule has 4 heteroatoms. The maximum atomic E-state index is 12.2. The SMILES string of the molecule is COCCC1(CNC(=O)c2cccc(N)c2C)CC1. The fourth-order valence-corrected chi connectivity index (χ4v) is 2.27. The van der Waals surface area contributed by atoms with Crippen LogP contribution < -0.4 is 11.1 Å². The fraction of sp³-hybridized carbons (Fsp3) is 0.533. The molecule has 1 aromatic rings. The Balaban J connectivity index is 1.93. The lowest BCUT2D eigenvalue weighted by molar-refractivity contribution is 0.0937. The summed E-state index contributed by atoms with van der Waals surface area (Å²) in [5, 5.41) is 3.03. The lowest BCUT2D eigenvalue weighted by atomic mass is 10.0. The van der Waals surface area contributed by atoms with Gasteiger partial charge in [-0.3, -0.25) is 4.79 Å². The summed E-state index contributed by atoms with van der Waals surface area (Å²) in [6.07, 6.45) is 3.36. The van der Waals surface area contributed by atoms with Crippen LogP contribution >= 0.6 is 0 Å². The number of rotatable bonds is 6. The van der Waals surface area contributed by atoms with Crippen LogP contribution in [0.4, 0.5) is 5.69 Å². The third kappa shape index (κ3) is 3.26. The van der Waals surface area contributed by atoms with Gasteiger partial charge in [0, 0.05) is 31.5 Å². The molecule has 1 amide bonds. The molecule has 0 atom stereocenters. The summed E-state index contributed by atoms with van der Waals surface area (Å²) in [6.45, 7) is 3.36. The van der Waals surface area contributed by atoms with Crippen molar-refractivity contribution in [2.75, 3.05) is 26.0 Å². The van der Waals surface area contributed by atoms with Gasteiger partial charge in [0.1, 0.15) is 0 Å². The number of amides is 1. The number of anilines is 1. The number of nitrogens with one attached hydrogen (secondary N) is 1. The molecule has 1 saturated carbocycles. The van der Waals surface area contributed by atoms with Crippen LogP contribution in [0, 0.1) is 12.3 Å². The number of nitrogen functional groups attached to an aromatic ring is 1. The van der Waals surface area contributed by atoms with Crippen molar-refractivity contribution < 1.29 is 9.53 Å². The molecule has 2 rings (SSSR count). The summed E-state index contributed by atoms with van der Waals surface area (Å²) in [5.41, 5.74) is 8.26. The number of hydrogen-bond donors (Lipinski definition) is 2. The molecule has 1 aliphatic rings. The third-order valence-corrected chi connectivity index (χ3v) is 4.04. The highest BCUT2D eigenvalue weighted by atomic mass is 16.5. The van der Waals surface area contributed by atoms with E-state index in [1.165, 1.54) is 12.8 Å². The molecule has 1 aliphatic carbocycles. The van der Waals surface area contributed by atoms with E-state index in [4.69, 9.17) is 10.5 Å². The highest BCUT2D eigenvalue weighted by molar-refractivity contribution is 5.96. The molecule has 0 radical (unpaired) electrons. The molecule has 1 fully saturated rings. The topological polar surface area (TPSA) is 64.3 Å². The predicted molar refractivity (Wildman–Crippen MR) is 76.1 cm³/mol. The number of nitrogens with two attached hydrogens (primary N) is 1. The summed E-state index contributed by atoms with van der Waals surface area (Å²) in [5.74, 6) is -0.0338. The number of benzene rings is 1. The van der Waals surface area contributed by atoms with Crippen LogP contribution in [0.25, 0.3) is 0 Å². The van der Waals surface area contributed by atoms with Gasteiger partial charge in [-0.2, -0.15) is 0 Å². The smallest absolute Gasteiger partial charge is 0.251 e. The minimum Gasteiger partial charge on any atom is -0.398 e. The van der Waals surface area contributed by atoms with E-state index in [2.05, 4.69) is 5.32 Å². The van der Waals surface area contributed by atoms with Crippen molar-refractivity contribution in [3.05, 3.63) is 29.3 Å². The van der Waals surface area contributed by atoms with Crippen LogP contribution in [-0.4, -0.2) is 26.2 Å². The molecule has 0 aromatic heterocycles. The Morgan fingerprint density at radius 1 is 1.47 bits per heavy atom. The number of carbonyl (C=O) groups excluding carboxylic acids is 1. The van der Waals surface area contributed by atoms with Gasteiger partial charge >= 0.3 is 0 Å². The van der Waals surface area contributed by atoms with Gasteiger partial charge in [0.15, 0.2) is 0 Å². The number of carbonyl (C=O) groups is 1. The van der Waals surface area contributed by atoms with E-state index >= 15 is 0 Å². The zero-order valence-corrected chi connectivity index (χ0v) is 11.7. The van der Waals surface area contributed by atoms with Crippen molar-refractivity contribution in [1.82, 2.24) is 5.32 Å². The van der Waals surface area contributed by atoms with Crippen molar-refractivity contribution >= 4 is 11.6 Å². The van der Waals surface area contributed by atoms with Crippen molar-refractivity contribution in [2.45, 2.75) is 26.2 Å².